The highest BCUT2D eigenvalue weighted by Crippen LogP contribution is 2.31. The number of rotatable bonds is 2. The molecule has 1 aromatic carbocycles. The number of benzene rings is 1. The van der Waals surface area contributed by atoms with Crippen molar-refractivity contribution in [2.75, 3.05) is 20.1 Å². The molecule has 3 rings (SSSR count). The van der Waals surface area contributed by atoms with E-state index in [0.29, 0.717) is 25.9 Å². The fourth-order valence-corrected chi connectivity index (χ4v) is 3.38. The molecule has 25 heavy (non-hydrogen) atoms. The SMILES string of the molecule is CN1C(=O)N(C2CCN(C(=O)c3ccccc3F)CC2)C(=O)C1(C)C. The van der Waals surface area contributed by atoms with Crippen molar-refractivity contribution in [2.24, 2.45) is 0 Å². The van der Waals surface area contributed by atoms with Crippen molar-refractivity contribution in [3.63, 3.8) is 0 Å². The van der Waals surface area contributed by atoms with Crippen LogP contribution in [0.5, 0.6) is 0 Å². The summed E-state index contributed by atoms with van der Waals surface area (Å²) in [6, 6.07) is 5.38. The van der Waals surface area contributed by atoms with Crippen LogP contribution in [0.3, 0.4) is 0 Å². The number of likely N-dealkylation sites (tertiary alicyclic amines) is 1. The molecule has 1 aromatic rings. The van der Waals surface area contributed by atoms with E-state index in [1.165, 1.54) is 21.9 Å². The van der Waals surface area contributed by atoms with Gasteiger partial charge in [0.15, 0.2) is 0 Å². The number of urea groups is 1. The Balaban J connectivity index is 1.69. The van der Waals surface area contributed by atoms with Crippen LogP contribution in [0.25, 0.3) is 0 Å². The van der Waals surface area contributed by atoms with Crippen LogP contribution in [0.1, 0.15) is 37.0 Å². The highest BCUT2D eigenvalue weighted by molar-refractivity contribution is 6.06. The van der Waals surface area contributed by atoms with Crippen LogP contribution in [0.2, 0.25) is 0 Å². The van der Waals surface area contributed by atoms with Crippen molar-refractivity contribution in [3.8, 4) is 0 Å². The first-order valence-electron chi connectivity index (χ1n) is 8.40. The zero-order valence-electron chi connectivity index (χ0n) is 14.7. The highest BCUT2D eigenvalue weighted by Gasteiger charge is 2.51. The summed E-state index contributed by atoms with van der Waals surface area (Å²) in [7, 11) is 1.62. The first kappa shape index (κ1) is 17.4. The fourth-order valence-electron chi connectivity index (χ4n) is 3.38. The number of imide groups is 1. The maximum Gasteiger partial charge on any atom is 0.327 e. The van der Waals surface area contributed by atoms with E-state index >= 15 is 0 Å². The quantitative estimate of drug-likeness (QED) is 0.770. The number of carbonyl (C=O) groups excluding carboxylic acids is 3. The molecular formula is C18H22FN3O3. The van der Waals surface area contributed by atoms with Gasteiger partial charge in [-0.1, -0.05) is 12.1 Å². The van der Waals surface area contributed by atoms with Crippen molar-refractivity contribution in [3.05, 3.63) is 35.6 Å². The lowest BCUT2D eigenvalue weighted by molar-refractivity contribution is -0.133. The van der Waals surface area contributed by atoms with Gasteiger partial charge in [0.25, 0.3) is 11.8 Å². The maximum atomic E-state index is 13.8. The molecule has 0 N–H and O–H groups in total. The first-order valence-corrected chi connectivity index (χ1v) is 8.40. The van der Waals surface area contributed by atoms with Crippen molar-refractivity contribution in [1.29, 1.82) is 0 Å². The molecule has 0 radical (unpaired) electrons. The van der Waals surface area contributed by atoms with Crippen LogP contribution in [0, 0.1) is 5.82 Å². The molecule has 0 bridgehead atoms. The third-order valence-corrected chi connectivity index (χ3v) is 5.29. The van der Waals surface area contributed by atoms with E-state index in [2.05, 4.69) is 0 Å². The van der Waals surface area contributed by atoms with Gasteiger partial charge in [-0.3, -0.25) is 14.5 Å². The van der Waals surface area contributed by atoms with E-state index in [1.807, 2.05) is 0 Å². The number of carbonyl (C=O) groups is 3. The predicted molar refractivity (Wildman–Crippen MR) is 89.4 cm³/mol. The third kappa shape index (κ3) is 2.77. The van der Waals surface area contributed by atoms with Crippen molar-refractivity contribution in [1.82, 2.24) is 14.7 Å². The van der Waals surface area contributed by atoms with E-state index in [9.17, 15) is 18.8 Å². The molecule has 0 aliphatic carbocycles. The molecule has 0 aromatic heterocycles. The zero-order valence-corrected chi connectivity index (χ0v) is 14.7. The molecule has 4 amide bonds. The topological polar surface area (TPSA) is 60.9 Å². The van der Waals surface area contributed by atoms with E-state index in [0.717, 1.165) is 0 Å². The molecule has 2 aliphatic rings. The van der Waals surface area contributed by atoms with Gasteiger partial charge in [-0.25, -0.2) is 9.18 Å². The van der Waals surface area contributed by atoms with E-state index < -0.39 is 11.4 Å². The minimum absolute atomic E-state index is 0.0511. The fraction of sp³-hybridized carbons (Fsp3) is 0.500. The first-order chi connectivity index (χ1) is 11.7. The second kappa shape index (κ2) is 6.13. The van der Waals surface area contributed by atoms with Gasteiger partial charge in [-0.05, 0) is 38.8 Å². The number of halogens is 1. The van der Waals surface area contributed by atoms with Gasteiger partial charge in [0.05, 0.1) is 5.56 Å². The summed E-state index contributed by atoms with van der Waals surface area (Å²) in [6.45, 7) is 4.23. The van der Waals surface area contributed by atoms with Crippen molar-refractivity contribution < 1.29 is 18.8 Å². The molecule has 2 fully saturated rings. The summed E-state index contributed by atoms with van der Waals surface area (Å²) in [5, 5.41) is 0. The second-order valence-corrected chi connectivity index (χ2v) is 7.08. The highest BCUT2D eigenvalue weighted by atomic mass is 19.1. The Hall–Kier alpha value is -2.44. The molecule has 0 atom stereocenters. The number of nitrogens with zero attached hydrogens (tertiary/aromatic N) is 3. The Labute approximate surface area is 146 Å². The Morgan fingerprint density at radius 3 is 2.28 bits per heavy atom. The molecule has 6 nitrogen and oxygen atoms in total. The Morgan fingerprint density at radius 1 is 1.16 bits per heavy atom. The molecule has 0 saturated carbocycles. The van der Waals surface area contributed by atoms with Crippen LogP contribution in [-0.4, -0.2) is 64.3 Å². The lowest BCUT2D eigenvalue weighted by Crippen LogP contribution is -2.49. The summed E-state index contributed by atoms with van der Waals surface area (Å²) < 4.78 is 13.8. The second-order valence-electron chi connectivity index (χ2n) is 7.08. The van der Waals surface area contributed by atoms with Crippen LogP contribution >= 0.6 is 0 Å². The largest absolute Gasteiger partial charge is 0.338 e. The van der Waals surface area contributed by atoms with Gasteiger partial charge in [-0.2, -0.15) is 0 Å². The van der Waals surface area contributed by atoms with Gasteiger partial charge in [0.1, 0.15) is 11.4 Å². The number of amides is 4. The average Bonchev–Trinajstić information content (AvgIpc) is 2.75. The monoisotopic (exact) mass is 347 g/mol. The van der Waals surface area contributed by atoms with Crippen LogP contribution < -0.4 is 0 Å². The standard InChI is InChI=1S/C18H22FN3O3/c1-18(2)16(24)22(17(25)20(18)3)12-8-10-21(11-9-12)15(23)13-6-4-5-7-14(13)19/h4-7,12H,8-11H2,1-3H3. The van der Waals surface area contributed by atoms with Gasteiger partial charge < -0.3 is 9.80 Å². The number of hydrogen-bond acceptors (Lipinski definition) is 3. The van der Waals surface area contributed by atoms with Crippen LogP contribution in [0.4, 0.5) is 9.18 Å². The van der Waals surface area contributed by atoms with E-state index in [1.54, 1.807) is 37.9 Å². The molecule has 134 valence electrons. The van der Waals surface area contributed by atoms with Crippen molar-refractivity contribution in [2.45, 2.75) is 38.3 Å². The van der Waals surface area contributed by atoms with Gasteiger partial charge in [0, 0.05) is 26.2 Å². The molecular weight excluding hydrogens is 325 g/mol. The van der Waals surface area contributed by atoms with Crippen molar-refractivity contribution >= 4 is 17.8 Å². The minimum Gasteiger partial charge on any atom is -0.338 e. The summed E-state index contributed by atoms with van der Waals surface area (Å²) in [5.41, 5.74) is -0.799. The maximum absolute atomic E-state index is 13.8. The molecule has 0 spiro atoms. The molecule has 2 heterocycles. The van der Waals surface area contributed by atoms with Crippen LogP contribution in [-0.2, 0) is 4.79 Å². The molecule has 0 unspecified atom stereocenters. The summed E-state index contributed by atoms with van der Waals surface area (Å²) >= 11 is 0. The Kier molecular flexibility index (Phi) is 4.26. The number of hydrogen-bond donors (Lipinski definition) is 0. The average molecular weight is 347 g/mol. The van der Waals surface area contributed by atoms with E-state index in [-0.39, 0.29) is 29.5 Å². The zero-order chi connectivity index (χ0) is 18.4. The van der Waals surface area contributed by atoms with Gasteiger partial charge >= 0.3 is 6.03 Å². The van der Waals surface area contributed by atoms with Crippen LogP contribution in [0.15, 0.2) is 24.3 Å². The van der Waals surface area contributed by atoms with E-state index in [4.69, 9.17) is 0 Å². The predicted octanol–water partition coefficient (Wildman–Crippen LogP) is 2.10. The Morgan fingerprint density at radius 2 is 1.76 bits per heavy atom. The molecule has 7 heteroatoms. The molecule has 2 saturated heterocycles. The Bertz CT molecular complexity index is 726. The number of piperidine rings is 1. The number of likely N-dealkylation sites (N-methyl/N-ethyl adjacent to an activating group) is 1. The van der Waals surface area contributed by atoms with Gasteiger partial charge in [-0.15, -0.1) is 0 Å². The third-order valence-electron chi connectivity index (χ3n) is 5.29. The smallest absolute Gasteiger partial charge is 0.327 e. The minimum atomic E-state index is -0.850. The molecule has 2 aliphatic heterocycles. The summed E-state index contributed by atoms with van der Waals surface area (Å²) in [5.74, 6) is -1.10. The normalized spacial score (nSPS) is 21.2. The lowest BCUT2D eigenvalue weighted by atomic mass is 10.00. The van der Waals surface area contributed by atoms with Gasteiger partial charge in [0.2, 0.25) is 0 Å². The summed E-state index contributed by atoms with van der Waals surface area (Å²) in [6.07, 6.45) is 1.00. The summed E-state index contributed by atoms with van der Waals surface area (Å²) in [4.78, 5) is 41.8. The lowest BCUT2D eigenvalue weighted by Gasteiger charge is -2.35.